The van der Waals surface area contributed by atoms with Gasteiger partial charge in [-0.3, -0.25) is 9.59 Å². The first-order valence-corrected chi connectivity index (χ1v) is 33.9. The number of aliphatic hydroxyl groups is 13. The molecule has 0 saturated carbocycles. The number of allylic oxidation sites excluding steroid dienone is 1. The van der Waals surface area contributed by atoms with Gasteiger partial charge in [-0.05, 0) is 19.3 Å². The molecule has 89 heavy (non-hydrogen) atoms. The minimum Gasteiger partial charge on any atom is -0.394 e. The lowest BCUT2D eigenvalue weighted by atomic mass is 9.95. The number of carbonyl (C=O) groups is 2. The summed E-state index contributed by atoms with van der Waals surface area (Å²) in [5, 5.41) is 147. The van der Waals surface area contributed by atoms with Crippen molar-refractivity contribution in [3.8, 4) is 0 Å². The summed E-state index contributed by atoms with van der Waals surface area (Å²) >= 11 is 0. The first-order chi connectivity index (χ1) is 43.0. The number of rotatable bonds is 47. The molecule has 4 aliphatic rings. The van der Waals surface area contributed by atoms with E-state index in [1.165, 1.54) is 128 Å². The summed E-state index contributed by atoms with van der Waals surface area (Å²) in [6, 6.07) is -2.53. The zero-order chi connectivity index (χ0) is 65.1. The van der Waals surface area contributed by atoms with Gasteiger partial charge in [-0.15, -0.1) is 0 Å². The molecule has 25 nitrogen and oxygen atoms in total. The Kier molecular flexibility index (Phi) is 40.3. The summed E-state index contributed by atoms with van der Waals surface area (Å²) in [5.74, 6) is -1.00. The van der Waals surface area contributed by atoms with Crippen molar-refractivity contribution >= 4 is 11.8 Å². The summed E-state index contributed by atoms with van der Waals surface area (Å²) in [6.07, 6.45) is 2.74. The van der Waals surface area contributed by atoms with Gasteiger partial charge in [0.15, 0.2) is 25.2 Å². The Hall–Kier alpha value is -2.16. The van der Waals surface area contributed by atoms with Gasteiger partial charge in [0.05, 0.1) is 45.2 Å². The monoisotopic (exact) mass is 1280 g/mol. The number of carbonyl (C=O) groups excluding carboxylic acids is 2. The van der Waals surface area contributed by atoms with Crippen LogP contribution in [0.15, 0.2) is 12.2 Å². The number of ether oxygens (including phenoxy) is 8. The maximum absolute atomic E-state index is 13.4. The van der Waals surface area contributed by atoms with Crippen LogP contribution in [0.25, 0.3) is 0 Å². The van der Waals surface area contributed by atoms with Gasteiger partial charge in [0.1, 0.15) is 97.6 Å². The highest BCUT2D eigenvalue weighted by Gasteiger charge is 2.56. The number of unbranched alkanes of at least 4 members (excludes halogenated alkanes) is 27. The van der Waals surface area contributed by atoms with E-state index in [0.29, 0.717) is 12.8 Å². The molecule has 0 aliphatic carbocycles. The van der Waals surface area contributed by atoms with Crippen molar-refractivity contribution in [2.45, 2.75) is 348 Å². The molecule has 4 rings (SSSR count). The van der Waals surface area contributed by atoms with Crippen LogP contribution < -0.4 is 10.6 Å². The van der Waals surface area contributed by atoms with Gasteiger partial charge in [-0.25, -0.2) is 0 Å². The summed E-state index contributed by atoms with van der Waals surface area (Å²) < 4.78 is 46.4. The molecule has 25 heteroatoms. The minimum atomic E-state index is -2.09. The Bertz CT molecular complexity index is 1860. The lowest BCUT2D eigenvalue weighted by Crippen LogP contribution is -2.69. The Labute approximate surface area is 528 Å². The molecular weight excluding hydrogens is 1160 g/mol. The molecule has 2 amide bonds. The second-order valence-corrected chi connectivity index (χ2v) is 25.0. The molecule has 4 aliphatic heterocycles. The normalized spacial score (nSPS) is 33.3. The second kappa shape index (κ2) is 45.3. The second-order valence-electron chi connectivity index (χ2n) is 25.0. The molecule has 0 aromatic heterocycles. The van der Waals surface area contributed by atoms with Crippen LogP contribution in [0.1, 0.15) is 213 Å². The topological polar surface area (TPSA) is 395 Å². The summed E-state index contributed by atoms with van der Waals surface area (Å²) in [6.45, 7) is 1.63. The van der Waals surface area contributed by atoms with E-state index in [9.17, 15) is 76.0 Å². The lowest BCUT2D eigenvalue weighted by Gasteiger charge is -2.49. The smallest absolute Gasteiger partial charge is 0.220 e. The third kappa shape index (κ3) is 27.2. The van der Waals surface area contributed by atoms with Crippen molar-refractivity contribution in [1.82, 2.24) is 10.6 Å². The SMILES string of the molecule is CCCCCCCCCCCCCCCC=CC(O)C(COC1OC(CO)C(OC2OC(CO)C(OC3OC(CO)C(O)C(OC4OC(CO)C(O)C(O)C4NC(C)=O)C3O)C(O)C2O)C(O)C1O)NC(=O)CCCCCCCCCCCCCCCCC. The maximum atomic E-state index is 13.4. The Balaban J connectivity index is 1.33. The van der Waals surface area contributed by atoms with Crippen LogP contribution in [0.2, 0.25) is 0 Å². The summed E-state index contributed by atoms with van der Waals surface area (Å²) in [4.78, 5) is 25.5. The highest BCUT2D eigenvalue weighted by molar-refractivity contribution is 5.76. The Morgan fingerprint density at radius 1 is 0.438 bits per heavy atom. The number of aliphatic hydroxyl groups excluding tert-OH is 13. The minimum absolute atomic E-state index is 0.218. The standard InChI is InChI=1S/C64H118N2O23/c1-4-6-8-10-12-14-16-18-20-22-24-26-28-30-32-34-43(72)42(66-48(73)35-33-31-29-27-25-23-21-19-17-15-13-11-9-7-5-2)40-82-62-55(79)53(77)58(46(38-69)85-62)87-63-56(80)54(78)59(47(39-70)86-63)88-64-57(81)60(51(75)45(37-68)84-64)89-61-49(65-41(3)71)52(76)50(74)44(36-67)83-61/h32,34,42-47,49-64,67-70,72,74-81H,4-31,33,35-40H2,1-3H3,(H,65,71)(H,66,73). The molecule has 522 valence electrons. The Morgan fingerprint density at radius 3 is 1.28 bits per heavy atom. The first-order valence-electron chi connectivity index (χ1n) is 33.9. The van der Waals surface area contributed by atoms with Crippen molar-refractivity contribution in [2.75, 3.05) is 33.0 Å². The van der Waals surface area contributed by atoms with E-state index in [-0.39, 0.29) is 12.3 Å². The van der Waals surface area contributed by atoms with Gasteiger partial charge >= 0.3 is 0 Å². The van der Waals surface area contributed by atoms with Crippen LogP contribution in [0, 0.1) is 0 Å². The molecule has 0 bridgehead atoms. The van der Waals surface area contributed by atoms with E-state index >= 15 is 0 Å². The van der Waals surface area contributed by atoms with Crippen LogP contribution in [0.5, 0.6) is 0 Å². The van der Waals surface area contributed by atoms with Crippen LogP contribution in [0.3, 0.4) is 0 Å². The zero-order valence-corrected chi connectivity index (χ0v) is 53.5. The molecule has 0 aromatic carbocycles. The quantitative estimate of drug-likeness (QED) is 0.0307. The van der Waals surface area contributed by atoms with Crippen molar-refractivity contribution in [3.05, 3.63) is 12.2 Å². The highest BCUT2D eigenvalue weighted by Crippen LogP contribution is 2.35. The predicted octanol–water partition coefficient (Wildman–Crippen LogP) is 2.56. The molecule has 22 unspecified atom stereocenters. The predicted molar refractivity (Wildman–Crippen MR) is 326 cm³/mol. The van der Waals surface area contributed by atoms with Crippen molar-refractivity contribution < 1.29 is 114 Å². The molecule has 4 fully saturated rings. The average Bonchev–Trinajstić information content (AvgIpc) is 1.15. The number of hydrogen-bond acceptors (Lipinski definition) is 23. The average molecular weight is 1280 g/mol. The third-order valence-electron chi connectivity index (χ3n) is 17.6. The van der Waals surface area contributed by atoms with E-state index in [4.69, 9.17) is 37.9 Å². The fraction of sp³-hybridized carbons (Fsp3) is 0.938. The molecule has 15 N–H and O–H groups in total. The highest BCUT2D eigenvalue weighted by atomic mass is 16.8. The maximum Gasteiger partial charge on any atom is 0.220 e. The van der Waals surface area contributed by atoms with Crippen LogP contribution in [-0.2, 0) is 47.5 Å². The van der Waals surface area contributed by atoms with Crippen molar-refractivity contribution in [1.29, 1.82) is 0 Å². The fourth-order valence-corrected chi connectivity index (χ4v) is 12.1. The summed E-state index contributed by atoms with van der Waals surface area (Å²) in [7, 11) is 0. The fourth-order valence-electron chi connectivity index (χ4n) is 12.1. The van der Waals surface area contributed by atoms with Gasteiger partial charge in [0.25, 0.3) is 0 Å². The van der Waals surface area contributed by atoms with Crippen LogP contribution in [-0.4, -0.2) is 246 Å². The van der Waals surface area contributed by atoms with E-state index in [0.717, 1.165) is 51.9 Å². The molecule has 22 atom stereocenters. The first kappa shape index (κ1) is 79.3. The molecule has 4 saturated heterocycles. The zero-order valence-electron chi connectivity index (χ0n) is 53.5. The number of amides is 2. The number of hydrogen-bond donors (Lipinski definition) is 15. The van der Waals surface area contributed by atoms with Crippen molar-refractivity contribution in [2.24, 2.45) is 0 Å². The van der Waals surface area contributed by atoms with E-state index in [1.807, 2.05) is 6.08 Å². The largest absolute Gasteiger partial charge is 0.394 e. The molecular formula is C64H118N2O23. The van der Waals surface area contributed by atoms with Gasteiger partial charge < -0.3 is 115 Å². The lowest BCUT2D eigenvalue weighted by molar-refractivity contribution is -0.386. The molecule has 0 aromatic rings. The third-order valence-corrected chi connectivity index (χ3v) is 17.6. The van der Waals surface area contributed by atoms with Crippen LogP contribution >= 0.6 is 0 Å². The van der Waals surface area contributed by atoms with E-state index in [2.05, 4.69) is 24.5 Å². The molecule has 4 heterocycles. The van der Waals surface area contributed by atoms with Gasteiger partial charge in [0, 0.05) is 13.3 Å². The van der Waals surface area contributed by atoms with Gasteiger partial charge in [-0.1, -0.05) is 193 Å². The van der Waals surface area contributed by atoms with Gasteiger partial charge in [-0.2, -0.15) is 0 Å². The molecule has 0 radical (unpaired) electrons. The van der Waals surface area contributed by atoms with Crippen molar-refractivity contribution in [3.63, 3.8) is 0 Å². The van der Waals surface area contributed by atoms with E-state index in [1.54, 1.807) is 6.08 Å². The molecule has 0 spiro atoms. The Morgan fingerprint density at radius 2 is 0.820 bits per heavy atom. The summed E-state index contributed by atoms with van der Waals surface area (Å²) in [5.41, 5.74) is 0. The van der Waals surface area contributed by atoms with Gasteiger partial charge in [0.2, 0.25) is 11.8 Å². The van der Waals surface area contributed by atoms with E-state index < -0.39 is 174 Å². The van der Waals surface area contributed by atoms with Crippen LogP contribution in [0.4, 0.5) is 0 Å². The number of nitrogens with one attached hydrogen (secondary N) is 2.